The molecule has 0 aliphatic rings. The van der Waals surface area contributed by atoms with Gasteiger partial charge in [-0.3, -0.25) is 4.79 Å². The Morgan fingerprint density at radius 2 is 2.12 bits per heavy atom. The van der Waals surface area contributed by atoms with Gasteiger partial charge in [0.2, 0.25) is 0 Å². The summed E-state index contributed by atoms with van der Waals surface area (Å²) in [6, 6.07) is 2.08. The predicted molar refractivity (Wildman–Crippen MR) is 57.7 cm³/mol. The Balaban J connectivity index is 2.96. The van der Waals surface area contributed by atoms with Gasteiger partial charge >= 0.3 is 12.1 Å². The molecule has 0 fully saturated rings. The number of pyridine rings is 1. The highest BCUT2D eigenvalue weighted by Crippen LogP contribution is 2.28. The summed E-state index contributed by atoms with van der Waals surface area (Å²) in [7, 11) is 1.21. The number of aromatic nitrogens is 1. The molecule has 0 unspecified atom stereocenters. The molecular weight excluding hydrogens is 338 g/mol. The Hall–Kier alpha value is -0.860. The average molecular weight is 345 g/mol. The smallest absolute Gasteiger partial charge is 0.433 e. The van der Waals surface area contributed by atoms with Gasteiger partial charge in [-0.05, 0) is 34.2 Å². The molecule has 0 atom stereocenters. The number of esters is 1. The highest BCUT2D eigenvalue weighted by atomic mass is 127. The SMILES string of the molecule is COC(=O)Cc1ccc(C(F)(F)F)nc1I. The summed E-state index contributed by atoms with van der Waals surface area (Å²) in [5.41, 5.74) is -0.550. The fourth-order valence-corrected chi connectivity index (χ4v) is 1.61. The quantitative estimate of drug-likeness (QED) is 0.470. The lowest BCUT2D eigenvalue weighted by Gasteiger charge is -2.08. The van der Waals surface area contributed by atoms with Crippen molar-refractivity contribution in [3.8, 4) is 0 Å². The summed E-state index contributed by atoms with van der Waals surface area (Å²) in [6.45, 7) is 0. The number of alkyl halides is 3. The van der Waals surface area contributed by atoms with Crippen molar-refractivity contribution in [2.75, 3.05) is 7.11 Å². The summed E-state index contributed by atoms with van der Waals surface area (Å²) in [5, 5.41) is 0. The van der Waals surface area contributed by atoms with Gasteiger partial charge in [0.1, 0.15) is 9.39 Å². The van der Waals surface area contributed by atoms with Crippen LogP contribution < -0.4 is 0 Å². The lowest BCUT2D eigenvalue weighted by atomic mass is 10.2. The molecule has 3 nitrogen and oxygen atoms in total. The first-order valence-electron chi connectivity index (χ1n) is 4.14. The average Bonchev–Trinajstić information content (AvgIpc) is 2.19. The number of ether oxygens (including phenoxy) is 1. The van der Waals surface area contributed by atoms with Gasteiger partial charge in [-0.2, -0.15) is 13.2 Å². The van der Waals surface area contributed by atoms with Crippen LogP contribution in [0, 0.1) is 3.70 Å². The van der Waals surface area contributed by atoms with Crippen LogP contribution in [0.3, 0.4) is 0 Å². The highest BCUT2D eigenvalue weighted by molar-refractivity contribution is 14.1. The standard InChI is InChI=1S/C9H7F3INO2/c1-16-7(15)4-5-2-3-6(9(10,11)12)14-8(5)13/h2-3H,4H2,1H3. The van der Waals surface area contributed by atoms with Crippen LogP contribution in [0.25, 0.3) is 0 Å². The van der Waals surface area contributed by atoms with Crippen molar-refractivity contribution < 1.29 is 22.7 Å². The second-order valence-electron chi connectivity index (χ2n) is 2.90. The van der Waals surface area contributed by atoms with E-state index in [1.165, 1.54) is 13.2 Å². The molecule has 0 saturated carbocycles. The minimum atomic E-state index is -4.47. The largest absolute Gasteiger partial charge is 0.469 e. The third-order valence-corrected chi connectivity index (χ3v) is 2.71. The van der Waals surface area contributed by atoms with E-state index in [1.54, 1.807) is 22.6 Å². The van der Waals surface area contributed by atoms with E-state index in [4.69, 9.17) is 0 Å². The molecule has 0 N–H and O–H groups in total. The maximum absolute atomic E-state index is 12.3. The highest BCUT2D eigenvalue weighted by Gasteiger charge is 2.32. The van der Waals surface area contributed by atoms with E-state index in [9.17, 15) is 18.0 Å². The predicted octanol–water partition coefficient (Wildman–Crippen LogP) is 2.42. The van der Waals surface area contributed by atoms with Crippen LogP contribution in [0.4, 0.5) is 13.2 Å². The first-order chi connectivity index (χ1) is 7.34. The molecule has 0 saturated heterocycles. The summed E-state index contributed by atoms with van der Waals surface area (Å²) >= 11 is 1.66. The Bertz CT molecular complexity index is 406. The number of nitrogens with zero attached hydrogens (tertiary/aromatic N) is 1. The van der Waals surface area contributed by atoms with E-state index < -0.39 is 17.8 Å². The van der Waals surface area contributed by atoms with E-state index >= 15 is 0 Å². The van der Waals surface area contributed by atoms with E-state index in [0.29, 0.717) is 5.56 Å². The zero-order valence-electron chi connectivity index (χ0n) is 8.14. The Morgan fingerprint density at radius 1 is 1.50 bits per heavy atom. The molecule has 0 aromatic carbocycles. The van der Waals surface area contributed by atoms with Crippen molar-refractivity contribution in [2.24, 2.45) is 0 Å². The van der Waals surface area contributed by atoms with E-state index in [2.05, 4.69) is 9.72 Å². The molecule has 1 heterocycles. The Labute approximate surface area is 103 Å². The molecular formula is C9H7F3INO2. The van der Waals surface area contributed by atoms with Gasteiger partial charge < -0.3 is 4.74 Å². The second kappa shape index (κ2) is 4.98. The van der Waals surface area contributed by atoms with Gasteiger partial charge in [0.05, 0.1) is 13.5 Å². The Morgan fingerprint density at radius 3 is 2.56 bits per heavy atom. The molecule has 1 aromatic heterocycles. The number of carbonyl (C=O) groups is 1. The van der Waals surface area contributed by atoms with E-state index in [1.807, 2.05) is 0 Å². The molecule has 7 heteroatoms. The minimum Gasteiger partial charge on any atom is -0.469 e. The summed E-state index contributed by atoms with van der Waals surface area (Å²) < 4.78 is 41.4. The summed E-state index contributed by atoms with van der Waals surface area (Å²) in [5.74, 6) is -0.514. The fraction of sp³-hybridized carbons (Fsp3) is 0.333. The van der Waals surface area contributed by atoms with Crippen molar-refractivity contribution >= 4 is 28.6 Å². The van der Waals surface area contributed by atoms with Gasteiger partial charge in [-0.25, -0.2) is 4.98 Å². The molecule has 0 spiro atoms. The van der Waals surface area contributed by atoms with Gasteiger partial charge in [-0.1, -0.05) is 6.07 Å². The zero-order valence-corrected chi connectivity index (χ0v) is 10.3. The van der Waals surface area contributed by atoms with Crippen molar-refractivity contribution in [3.63, 3.8) is 0 Å². The molecule has 1 rings (SSSR count). The Kier molecular flexibility index (Phi) is 4.11. The number of hydrogen-bond donors (Lipinski definition) is 0. The summed E-state index contributed by atoms with van der Waals surface area (Å²) in [4.78, 5) is 14.3. The van der Waals surface area contributed by atoms with Crippen molar-refractivity contribution in [3.05, 3.63) is 27.1 Å². The normalized spacial score (nSPS) is 11.3. The van der Waals surface area contributed by atoms with Crippen molar-refractivity contribution in [2.45, 2.75) is 12.6 Å². The molecule has 88 valence electrons. The number of rotatable bonds is 2. The van der Waals surface area contributed by atoms with Gasteiger partial charge in [0, 0.05) is 0 Å². The van der Waals surface area contributed by atoms with Crippen LogP contribution in [-0.2, 0) is 22.1 Å². The number of halogens is 4. The van der Waals surface area contributed by atoms with E-state index in [0.717, 1.165) is 6.07 Å². The first kappa shape index (κ1) is 13.2. The van der Waals surface area contributed by atoms with Crippen molar-refractivity contribution in [1.29, 1.82) is 0 Å². The van der Waals surface area contributed by atoms with Crippen LogP contribution in [0.1, 0.15) is 11.3 Å². The topological polar surface area (TPSA) is 39.2 Å². The van der Waals surface area contributed by atoms with Crippen LogP contribution in [-0.4, -0.2) is 18.1 Å². The monoisotopic (exact) mass is 345 g/mol. The molecule has 0 aliphatic heterocycles. The molecule has 0 aliphatic carbocycles. The molecule has 0 radical (unpaired) electrons. The molecule has 1 aromatic rings. The van der Waals surface area contributed by atoms with Crippen LogP contribution in [0.5, 0.6) is 0 Å². The lowest BCUT2D eigenvalue weighted by molar-refractivity contribution is -0.141. The van der Waals surface area contributed by atoms with Gasteiger partial charge in [0.15, 0.2) is 0 Å². The zero-order chi connectivity index (χ0) is 12.3. The first-order valence-corrected chi connectivity index (χ1v) is 5.22. The minimum absolute atomic E-state index is 0.0834. The van der Waals surface area contributed by atoms with Crippen LogP contribution in [0.15, 0.2) is 12.1 Å². The summed E-state index contributed by atoms with van der Waals surface area (Å²) in [6.07, 6.45) is -4.55. The maximum atomic E-state index is 12.3. The van der Waals surface area contributed by atoms with Gasteiger partial charge in [-0.15, -0.1) is 0 Å². The van der Waals surface area contributed by atoms with Crippen molar-refractivity contribution in [1.82, 2.24) is 4.98 Å². The van der Waals surface area contributed by atoms with Crippen LogP contribution in [0.2, 0.25) is 0 Å². The lowest BCUT2D eigenvalue weighted by Crippen LogP contribution is -2.12. The fourth-order valence-electron chi connectivity index (χ4n) is 0.981. The maximum Gasteiger partial charge on any atom is 0.433 e. The number of hydrogen-bond acceptors (Lipinski definition) is 3. The van der Waals surface area contributed by atoms with Crippen LogP contribution >= 0.6 is 22.6 Å². The molecule has 0 amide bonds. The molecule has 16 heavy (non-hydrogen) atoms. The number of methoxy groups -OCH3 is 1. The second-order valence-corrected chi connectivity index (χ2v) is 3.92. The van der Waals surface area contributed by atoms with Gasteiger partial charge in [0.25, 0.3) is 0 Å². The third kappa shape index (κ3) is 3.32. The molecule has 0 bridgehead atoms. The van der Waals surface area contributed by atoms with E-state index in [-0.39, 0.29) is 10.1 Å². The third-order valence-electron chi connectivity index (χ3n) is 1.78. The number of carbonyl (C=O) groups excluding carboxylic acids is 1.